The molecule has 0 spiro atoms. The molecule has 1 aromatic carbocycles. The second-order valence-corrected chi connectivity index (χ2v) is 7.51. The maximum Gasteiger partial charge on any atom is 0.380 e. The largest absolute Gasteiger partial charge is 0.424 e. The fourth-order valence-corrected chi connectivity index (χ4v) is 2.88. The van der Waals surface area contributed by atoms with Crippen LogP contribution in [0.15, 0.2) is 0 Å². The van der Waals surface area contributed by atoms with Gasteiger partial charge in [0.2, 0.25) is 0 Å². The molecule has 0 aliphatic heterocycles. The summed E-state index contributed by atoms with van der Waals surface area (Å²) < 4.78 is 16.2. The molecule has 0 amide bonds. The molecule has 1 aromatic rings. The summed E-state index contributed by atoms with van der Waals surface area (Å²) in [5.74, 6) is 0.794. The Balaban J connectivity index is 3.39. The normalized spacial score (nSPS) is 11.7. The van der Waals surface area contributed by atoms with Crippen molar-refractivity contribution in [1.29, 1.82) is 0 Å². The molecule has 0 aliphatic carbocycles. The number of hydrogen-bond donors (Lipinski definition) is 0. The van der Waals surface area contributed by atoms with Crippen LogP contribution in [0.5, 0.6) is 5.75 Å². The highest BCUT2D eigenvalue weighted by atomic mass is 32.5. The van der Waals surface area contributed by atoms with Crippen LogP contribution in [-0.4, -0.2) is 14.2 Å². The SMILES string of the molecule is COP(=S)(OC)Oc1c(C)c(C)c(C)c(C)c1C. The lowest BCUT2D eigenvalue weighted by Crippen LogP contribution is -2.04. The van der Waals surface area contributed by atoms with E-state index in [0.717, 1.165) is 16.9 Å². The van der Waals surface area contributed by atoms with Crippen LogP contribution in [0.25, 0.3) is 0 Å². The lowest BCUT2D eigenvalue weighted by Gasteiger charge is -2.24. The summed E-state index contributed by atoms with van der Waals surface area (Å²) in [4.78, 5) is 0. The minimum Gasteiger partial charge on any atom is -0.424 e. The van der Waals surface area contributed by atoms with E-state index < -0.39 is 6.72 Å². The van der Waals surface area contributed by atoms with Gasteiger partial charge in [-0.15, -0.1) is 0 Å². The zero-order valence-electron chi connectivity index (χ0n) is 12.1. The summed E-state index contributed by atoms with van der Waals surface area (Å²) in [6.07, 6.45) is 0. The van der Waals surface area contributed by atoms with Gasteiger partial charge in [-0.05, 0) is 62.4 Å². The molecule has 0 saturated heterocycles. The van der Waals surface area contributed by atoms with E-state index >= 15 is 0 Å². The first-order valence-corrected chi connectivity index (χ1v) is 8.31. The molecule has 5 heteroatoms. The Labute approximate surface area is 115 Å². The summed E-state index contributed by atoms with van der Waals surface area (Å²) in [7, 11) is 3.03. The van der Waals surface area contributed by atoms with Crippen molar-refractivity contribution in [1.82, 2.24) is 0 Å². The molecule has 0 heterocycles. The van der Waals surface area contributed by atoms with Crippen molar-refractivity contribution in [2.75, 3.05) is 14.2 Å². The quantitative estimate of drug-likeness (QED) is 0.779. The lowest BCUT2D eigenvalue weighted by atomic mass is 9.94. The monoisotopic (exact) mass is 288 g/mol. The van der Waals surface area contributed by atoms with Crippen molar-refractivity contribution < 1.29 is 13.6 Å². The van der Waals surface area contributed by atoms with E-state index in [1.807, 2.05) is 13.8 Å². The Morgan fingerprint density at radius 3 is 1.39 bits per heavy atom. The van der Waals surface area contributed by atoms with Crippen LogP contribution in [-0.2, 0) is 20.9 Å². The zero-order valence-corrected chi connectivity index (χ0v) is 13.8. The molecule has 0 unspecified atom stereocenters. The Morgan fingerprint density at radius 1 is 0.722 bits per heavy atom. The third-order valence-electron chi connectivity index (χ3n) is 3.58. The molecule has 0 aliphatic rings. The minimum absolute atomic E-state index is 0.794. The van der Waals surface area contributed by atoms with E-state index in [4.69, 9.17) is 25.4 Å². The Hall–Kier alpha value is -0.410. The van der Waals surface area contributed by atoms with Gasteiger partial charge in [0.25, 0.3) is 0 Å². The van der Waals surface area contributed by atoms with Gasteiger partial charge in [-0.1, -0.05) is 0 Å². The first kappa shape index (κ1) is 15.6. The summed E-state index contributed by atoms with van der Waals surface area (Å²) >= 11 is 5.27. The first-order valence-electron chi connectivity index (χ1n) is 5.75. The van der Waals surface area contributed by atoms with E-state index in [1.54, 1.807) is 0 Å². The zero-order chi connectivity index (χ0) is 14.1. The van der Waals surface area contributed by atoms with Crippen LogP contribution in [0.4, 0.5) is 0 Å². The summed E-state index contributed by atoms with van der Waals surface area (Å²) in [6.45, 7) is 7.70. The van der Waals surface area contributed by atoms with E-state index in [2.05, 4.69) is 20.8 Å². The Bertz CT molecular complexity index is 474. The Morgan fingerprint density at radius 2 is 1.06 bits per heavy atom. The van der Waals surface area contributed by atoms with Crippen LogP contribution in [0.1, 0.15) is 27.8 Å². The minimum atomic E-state index is -2.68. The van der Waals surface area contributed by atoms with E-state index in [0.29, 0.717) is 0 Å². The number of rotatable bonds is 4. The topological polar surface area (TPSA) is 27.7 Å². The van der Waals surface area contributed by atoms with Gasteiger partial charge in [-0.2, -0.15) is 0 Å². The second kappa shape index (κ2) is 5.70. The van der Waals surface area contributed by atoms with Gasteiger partial charge in [0, 0.05) is 26.0 Å². The van der Waals surface area contributed by atoms with Crippen molar-refractivity contribution in [2.45, 2.75) is 34.6 Å². The molecular weight excluding hydrogens is 267 g/mol. The van der Waals surface area contributed by atoms with Gasteiger partial charge in [-0.25, -0.2) is 0 Å². The summed E-state index contributed by atoms with van der Waals surface area (Å²) in [6, 6.07) is 0. The number of benzene rings is 1. The van der Waals surface area contributed by atoms with Crippen LogP contribution in [0.2, 0.25) is 0 Å². The molecule has 0 N–H and O–H groups in total. The van der Waals surface area contributed by atoms with Gasteiger partial charge in [0.15, 0.2) is 0 Å². The molecule has 0 atom stereocenters. The molecule has 1 rings (SSSR count). The Kier molecular flexibility index (Phi) is 4.96. The van der Waals surface area contributed by atoms with Gasteiger partial charge >= 0.3 is 6.72 Å². The molecule has 0 bridgehead atoms. The van der Waals surface area contributed by atoms with Crippen LogP contribution in [0.3, 0.4) is 0 Å². The summed E-state index contributed by atoms with van der Waals surface area (Å²) in [5.41, 5.74) is 5.93. The van der Waals surface area contributed by atoms with Crippen LogP contribution in [0, 0.1) is 34.6 Å². The second-order valence-electron chi connectivity index (χ2n) is 4.36. The maximum atomic E-state index is 5.86. The van der Waals surface area contributed by atoms with E-state index in [9.17, 15) is 0 Å². The predicted molar refractivity (Wildman–Crippen MR) is 79.1 cm³/mol. The smallest absolute Gasteiger partial charge is 0.380 e. The molecule has 102 valence electrons. The van der Waals surface area contributed by atoms with Gasteiger partial charge in [0.1, 0.15) is 5.75 Å². The first-order chi connectivity index (χ1) is 8.27. The highest BCUT2D eigenvalue weighted by molar-refractivity contribution is 8.07. The van der Waals surface area contributed by atoms with Crippen molar-refractivity contribution in [3.63, 3.8) is 0 Å². The van der Waals surface area contributed by atoms with Crippen LogP contribution >= 0.6 is 6.72 Å². The highest BCUT2D eigenvalue weighted by Crippen LogP contribution is 2.50. The lowest BCUT2D eigenvalue weighted by molar-refractivity contribution is 0.272. The average molecular weight is 288 g/mol. The van der Waals surface area contributed by atoms with Crippen LogP contribution < -0.4 is 4.52 Å². The van der Waals surface area contributed by atoms with E-state index in [1.165, 1.54) is 30.9 Å². The molecule has 18 heavy (non-hydrogen) atoms. The molecule has 0 fully saturated rings. The van der Waals surface area contributed by atoms with Crippen molar-refractivity contribution in [3.05, 3.63) is 27.8 Å². The fourth-order valence-electron chi connectivity index (χ4n) is 1.86. The van der Waals surface area contributed by atoms with Gasteiger partial charge in [0.05, 0.1) is 0 Å². The fraction of sp³-hybridized carbons (Fsp3) is 0.538. The van der Waals surface area contributed by atoms with Crippen molar-refractivity contribution >= 4 is 18.5 Å². The van der Waals surface area contributed by atoms with E-state index in [-0.39, 0.29) is 0 Å². The number of hydrogen-bond acceptors (Lipinski definition) is 4. The third-order valence-corrected chi connectivity index (χ3v) is 6.00. The molecule has 0 aromatic heterocycles. The van der Waals surface area contributed by atoms with Gasteiger partial charge < -0.3 is 13.6 Å². The molecule has 3 nitrogen and oxygen atoms in total. The molecular formula is C13H21O3PS. The molecule has 0 saturated carbocycles. The van der Waals surface area contributed by atoms with Crippen molar-refractivity contribution in [3.8, 4) is 5.75 Å². The van der Waals surface area contributed by atoms with Crippen molar-refractivity contribution in [2.24, 2.45) is 0 Å². The predicted octanol–water partition coefficient (Wildman–Crippen LogP) is 4.12. The standard InChI is InChI=1S/C13H21O3PS/c1-8-9(2)11(4)13(12(5)10(8)3)16-17(18,14-6)15-7/h1-7H3. The average Bonchev–Trinajstić information content (AvgIpc) is 2.39. The highest BCUT2D eigenvalue weighted by Gasteiger charge is 2.23. The van der Waals surface area contributed by atoms with Gasteiger partial charge in [-0.3, -0.25) is 0 Å². The summed E-state index contributed by atoms with van der Waals surface area (Å²) in [5, 5.41) is 0. The maximum absolute atomic E-state index is 5.86. The molecule has 0 radical (unpaired) electrons. The third kappa shape index (κ3) is 2.77.